The van der Waals surface area contributed by atoms with Crippen molar-refractivity contribution in [2.75, 3.05) is 5.32 Å². The zero-order valence-electron chi connectivity index (χ0n) is 17.5. The highest BCUT2D eigenvalue weighted by Crippen LogP contribution is 2.23. The number of hydrogen-bond acceptors (Lipinski definition) is 5. The summed E-state index contributed by atoms with van der Waals surface area (Å²) in [6.07, 6.45) is -0.942. The van der Waals surface area contributed by atoms with Crippen LogP contribution in [0, 0.1) is 6.92 Å². The first-order valence-electron chi connectivity index (χ1n) is 9.79. The van der Waals surface area contributed by atoms with Crippen LogP contribution in [0.1, 0.15) is 29.8 Å². The Bertz CT molecular complexity index is 1070. The number of carbonyl (C=O) groups is 3. The summed E-state index contributed by atoms with van der Waals surface area (Å²) in [6, 6.07) is 21.3. The Kier molecular flexibility index (Phi) is 6.82. The van der Waals surface area contributed by atoms with E-state index in [4.69, 9.17) is 9.47 Å². The second-order valence-corrected chi connectivity index (χ2v) is 7.10. The molecule has 3 rings (SSSR count). The molecular formula is C25H23NO5. The summed E-state index contributed by atoms with van der Waals surface area (Å²) >= 11 is 0. The number of rotatable bonds is 6. The average molecular weight is 417 g/mol. The van der Waals surface area contributed by atoms with E-state index in [9.17, 15) is 14.4 Å². The van der Waals surface area contributed by atoms with Crippen molar-refractivity contribution < 1.29 is 23.9 Å². The Morgan fingerprint density at radius 2 is 1.35 bits per heavy atom. The summed E-state index contributed by atoms with van der Waals surface area (Å²) < 4.78 is 10.3. The van der Waals surface area contributed by atoms with E-state index in [1.807, 2.05) is 31.2 Å². The number of nitrogens with one attached hydrogen (secondary N) is 1. The van der Waals surface area contributed by atoms with E-state index in [-0.39, 0.29) is 5.97 Å². The lowest BCUT2D eigenvalue weighted by Gasteiger charge is -2.14. The molecule has 0 aliphatic rings. The number of carbonyl (C=O) groups excluding carboxylic acids is 3. The van der Waals surface area contributed by atoms with Crippen LogP contribution in [0.5, 0.6) is 5.75 Å². The molecule has 1 N–H and O–H groups in total. The van der Waals surface area contributed by atoms with Crippen molar-refractivity contribution in [1.82, 2.24) is 0 Å². The zero-order chi connectivity index (χ0) is 22.4. The fourth-order valence-electron chi connectivity index (χ4n) is 2.84. The standard InChI is InChI=1S/C25H23NO5/c1-16-4-12-22(13-5-16)26-24(28)17(2)30-25(29)21-8-6-19(7-9-21)20-10-14-23(15-11-20)31-18(3)27/h4-15,17H,1-3H3,(H,26,28)/t17-/m1/s1. The van der Waals surface area contributed by atoms with Gasteiger partial charge in [0.2, 0.25) is 0 Å². The maximum atomic E-state index is 12.4. The van der Waals surface area contributed by atoms with Gasteiger partial charge in [-0.25, -0.2) is 4.79 Å². The minimum absolute atomic E-state index is 0.343. The van der Waals surface area contributed by atoms with Gasteiger partial charge < -0.3 is 14.8 Å². The monoisotopic (exact) mass is 417 g/mol. The van der Waals surface area contributed by atoms with Crippen molar-refractivity contribution in [1.29, 1.82) is 0 Å². The number of hydrogen-bond donors (Lipinski definition) is 1. The van der Waals surface area contributed by atoms with Crippen LogP contribution in [0.2, 0.25) is 0 Å². The van der Waals surface area contributed by atoms with E-state index >= 15 is 0 Å². The van der Waals surface area contributed by atoms with Crippen molar-refractivity contribution in [2.45, 2.75) is 26.9 Å². The van der Waals surface area contributed by atoms with Crippen LogP contribution in [-0.2, 0) is 14.3 Å². The Morgan fingerprint density at radius 1 is 0.806 bits per heavy atom. The van der Waals surface area contributed by atoms with Gasteiger partial charge in [-0.05, 0) is 61.4 Å². The molecule has 3 aromatic carbocycles. The molecule has 158 valence electrons. The fourth-order valence-corrected chi connectivity index (χ4v) is 2.84. The maximum Gasteiger partial charge on any atom is 0.338 e. The molecule has 0 aliphatic heterocycles. The Labute approximate surface area is 180 Å². The molecule has 0 bridgehead atoms. The number of anilines is 1. The summed E-state index contributed by atoms with van der Waals surface area (Å²) in [4.78, 5) is 35.7. The molecule has 0 saturated carbocycles. The Morgan fingerprint density at radius 3 is 1.90 bits per heavy atom. The second kappa shape index (κ2) is 9.71. The first-order valence-corrected chi connectivity index (χ1v) is 9.79. The molecule has 1 atom stereocenters. The van der Waals surface area contributed by atoms with Crippen LogP contribution >= 0.6 is 0 Å². The third kappa shape index (κ3) is 6.02. The van der Waals surface area contributed by atoms with Gasteiger partial charge in [0, 0.05) is 12.6 Å². The van der Waals surface area contributed by atoms with Gasteiger partial charge in [-0.15, -0.1) is 0 Å². The number of amides is 1. The van der Waals surface area contributed by atoms with Gasteiger partial charge in [-0.2, -0.15) is 0 Å². The lowest BCUT2D eigenvalue weighted by molar-refractivity contribution is -0.131. The summed E-state index contributed by atoms with van der Waals surface area (Å²) in [5.74, 6) is -0.892. The molecule has 1 amide bonds. The molecule has 6 nitrogen and oxygen atoms in total. The maximum absolute atomic E-state index is 12.4. The number of benzene rings is 3. The molecule has 6 heteroatoms. The third-order valence-electron chi connectivity index (χ3n) is 4.54. The van der Waals surface area contributed by atoms with Crippen molar-refractivity contribution in [3.8, 4) is 16.9 Å². The number of ether oxygens (including phenoxy) is 2. The molecule has 0 spiro atoms. The largest absolute Gasteiger partial charge is 0.449 e. The van der Waals surface area contributed by atoms with Crippen molar-refractivity contribution in [2.24, 2.45) is 0 Å². The van der Waals surface area contributed by atoms with E-state index in [2.05, 4.69) is 5.32 Å². The average Bonchev–Trinajstić information content (AvgIpc) is 2.75. The minimum atomic E-state index is -0.942. The van der Waals surface area contributed by atoms with Crippen LogP contribution in [0.3, 0.4) is 0 Å². The molecule has 0 unspecified atom stereocenters. The van der Waals surface area contributed by atoms with Crippen LogP contribution in [-0.4, -0.2) is 23.9 Å². The predicted octanol–water partition coefficient (Wildman–Crippen LogP) is 4.77. The lowest BCUT2D eigenvalue weighted by Crippen LogP contribution is -2.30. The fraction of sp³-hybridized carbons (Fsp3) is 0.160. The quantitative estimate of drug-likeness (QED) is 0.461. The van der Waals surface area contributed by atoms with Crippen LogP contribution in [0.4, 0.5) is 5.69 Å². The highest BCUT2D eigenvalue weighted by Gasteiger charge is 2.19. The molecule has 0 aromatic heterocycles. The lowest BCUT2D eigenvalue weighted by atomic mass is 10.0. The van der Waals surface area contributed by atoms with Crippen molar-refractivity contribution in [3.63, 3.8) is 0 Å². The first kappa shape index (κ1) is 21.8. The number of aryl methyl sites for hydroxylation is 1. The van der Waals surface area contributed by atoms with Gasteiger partial charge in [0.1, 0.15) is 5.75 Å². The predicted molar refractivity (Wildman–Crippen MR) is 118 cm³/mol. The smallest absolute Gasteiger partial charge is 0.338 e. The third-order valence-corrected chi connectivity index (χ3v) is 4.54. The molecule has 0 heterocycles. The van der Waals surface area contributed by atoms with E-state index < -0.39 is 18.0 Å². The minimum Gasteiger partial charge on any atom is -0.449 e. The molecule has 31 heavy (non-hydrogen) atoms. The Balaban J connectivity index is 1.59. The van der Waals surface area contributed by atoms with Gasteiger partial charge in [-0.1, -0.05) is 42.0 Å². The second-order valence-electron chi connectivity index (χ2n) is 7.10. The van der Waals surface area contributed by atoms with Gasteiger partial charge in [0.15, 0.2) is 6.10 Å². The van der Waals surface area contributed by atoms with Crippen LogP contribution in [0.15, 0.2) is 72.8 Å². The summed E-state index contributed by atoms with van der Waals surface area (Å²) in [5.41, 5.74) is 3.86. The van der Waals surface area contributed by atoms with E-state index in [1.165, 1.54) is 13.8 Å². The SMILES string of the molecule is CC(=O)Oc1ccc(-c2ccc(C(=O)O[C@H](C)C(=O)Nc3ccc(C)cc3)cc2)cc1. The van der Waals surface area contributed by atoms with E-state index in [0.29, 0.717) is 17.0 Å². The highest BCUT2D eigenvalue weighted by molar-refractivity contribution is 5.97. The number of esters is 2. The van der Waals surface area contributed by atoms with Crippen molar-refractivity contribution in [3.05, 3.63) is 83.9 Å². The van der Waals surface area contributed by atoms with Crippen LogP contribution in [0.25, 0.3) is 11.1 Å². The summed E-state index contributed by atoms with van der Waals surface area (Å²) in [5, 5.41) is 2.73. The summed E-state index contributed by atoms with van der Waals surface area (Å²) in [7, 11) is 0. The van der Waals surface area contributed by atoms with E-state index in [1.54, 1.807) is 48.5 Å². The van der Waals surface area contributed by atoms with Crippen LogP contribution < -0.4 is 10.1 Å². The zero-order valence-corrected chi connectivity index (χ0v) is 17.5. The molecular weight excluding hydrogens is 394 g/mol. The van der Waals surface area contributed by atoms with Gasteiger partial charge in [0.25, 0.3) is 5.91 Å². The molecule has 0 fully saturated rings. The molecule has 0 aliphatic carbocycles. The van der Waals surface area contributed by atoms with Gasteiger partial charge in [0.05, 0.1) is 5.56 Å². The van der Waals surface area contributed by atoms with E-state index in [0.717, 1.165) is 16.7 Å². The summed E-state index contributed by atoms with van der Waals surface area (Å²) in [6.45, 7) is 4.83. The normalized spacial score (nSPS) is 11.3. The molecule has 3 aromatic rings. The van der Waals surface area contributed by atoms with Crippen molar-refractivity contribution >= 4 is 23.5 Å². The Hall–Kier alpha value is -3.93. The van der Waals surface area contributed by atoms with Gasteiger partial charge in [-0.3, -0.25) is 9.59 Å². The first-order chi connectivity index (χ1) is 14.8. The highest BCUT2D eigenvalue weighted by atomic mass is 16.5. The topological polar surface area (TPSA) is 81.7 Å². The molecule has 0 radical (unpaired) electrons. The van der Waals surface area contributed by atoms with Gasteiger partial charge >= 0.3 is 11.9 Å². The molecule has 0 saturated heterocycles.